The Bertz CT molecular complexity index is 1130. The summed E-state index contributed by atoms with van der Waals surface area (Å²) >= 11 is 0. The molecule has 1 amide bonds. The summed E-state index contributed by atoms with van der Waals surface area (Å²) in [6, 6.07) is 11.1. The predicted molar refractivity (Wildman–Crippen MR) is 118 cm³/mol. The lowest BCUT2D eigenvalue weighted by atomic mass is 9.77. The third-order valence-corrected chi connectivity index (χ3v) is 6.61. The third kappa shape index (κ3) is 4.71. The number of rotatable bonds is 5. The molecule has 2 fully saturated rings. The van der Waals surface area contributed by atoms with Gasteiger partial charge in [-0.25, -0.2) is 0 Å². The van der Waals surface area contributed by atoms with Crippen molar-refractivity contribution < 1.29 is 27.4 Å². The van der Waals surface area contributed by atoms with Crippen LogP contribution in [0.5, 0.6) is 5.75 Å². The number of carbonyl (C=O) groups excluding carboxylic acids is 1. The lowest BCUT2D eigenvalue weighted by molar-refractivity contribution is -0.137. The van der Waals surface area contributed by atoms with Gasteiger partial charge in [0.15, 0.2) is 0 Å². The number of amides is 1. The molecule has 2 aromatic carbocycles. The molecule has 2 heterocycles. The zero-order valence-corrected chi connectivity index (χ0v) is 18.0. The highest BCUT2D eigenvalue weighted by Gasteiger charge is 2.34. The number of carbonyl (C=O) groups is 1. The normalized spacial score (nSPS) is 21.5. The van der Waals surface area contributed by atoms with E-state index in [0.717, 1.165) is 60.0 Å². The van der Waals surface area contributed by atoms with Crippen molar-refractivity contribution >= 4 is 22.5 Å². The number of benzene rings is 2. The molecule has 8 heteroatoms. The molecule has 2 aliphatic rings. The lowest BCUT2D eigenvalue weighted by Crippen LogP contribution is -2.32. The quantitative estimate of drug-likeness (QED) is 0.502. The first-order valence-corrected chi connectivity index (χ1v) is 11.2. The van der Waals surface area contributed by atoms with Gasteiger partial charge in [-0.1, -0.05) is 12.1 Å². The summed E-state index contributed by atoms with van der Waals surface area (Å²) in [5.41, 5.74) is 1.91. The first-order valence-electron chi connectivity index (χ1n) is 11.2. The van der Waals surface area contributed by atoms with Crippen molar-refractivity contribution in [3.8, 4) is 5.75 Å². The van der Waals surface area contributed by atoms with E-state index in [2.05, 4.69) is 10.3 Å². The van der Waals surface area contributed by atoms with Crippen LogP contribution >= 0.6 is 0 Å². The number of halogens is 3. The van der Waals surface area contributed by atoms with Crippen LogP contribution in [0, 0.1) is 5.92 Å². The molecule has 5 rings (SSSR count). The van der Waals surface area contributed by atoms with Crippen LogP contribution in [0.3, 0.4) is 0 Å². The highest BCUT2D eigenvalue weighted by atomic mass is 19.4. The van der Waals surface area contributed by atoms with Crippen molar-refractivity contribution in [1.82, 2.24) is 4.98 Å². The van der Waals surface area contributed by atoms with Crippen molar-refractivity contribution in [2.45, 2.75) is 43.9 Å². The molecule has 33 heavy (non-hydrogen) atoms. The molecular formula is C25H25F3N2O3. The highest BCUT2D eigenvalue weighted by molar-refractivity contribution is 6.02. The fraction of sp³-hybridized carbons (Fsp3) is 0.400. The van der Waals surface area contributed by atoms with Gasteiger partial charge in [0.05, 0.1) is 17.4 Å². The Morgan fingerprint density at radius 1 is 1.06 bits per heavy atom. The molecule has 0 spiro atoms. The van der Waals surface area contributed by atoms with Gasteiger partial charge >= 0.3 is 6.18 Å². The fourth-order valence-electron chi connectivity index (χ4n) is 4.54. The van der Waals surface area contributed by atoms with Crippen LogP contribution in [0.1, 0.15) is 42.7 Å². The Morgan fingerprint density at radius 2 is 1.79 bits per heavy atom. The van der Waals surface area contributed by atoms with Crippen LogP contribution in [0.25, 0.3) is 10.9 Å². The van der Waals surface area contributed by atoms with Crippen molar-refractivity contribution in [3.63, 3.8) is 0 Å². The van der Waals surface area contributed by atoms with Crippen molar-refractivity contribution in [1.29, 1.82) is 0 Å². The largest absolute Gasteiger partial charge is 0.490 e. The van der Waals surface area contributed by atoms with E-state index in [1.165, 1.54) is 0 Å². The molecule has 0 atom stereocenters. The summed E-state index contributed by atoms with van der Waals surface area (Å²) in [5, 5.41) is 3.91. The molecule has 0 unspecified atom stereocenters. The van der Waals surface area contributed by atoms with Crippen LogP contribution in [0.2, 0.25) is 0 Å². The van der Waals surface area contributed by atoms with Gasteiger partial charge in [0.2, 0.25) is 5.91 Å². The van der Waals surface area contributed by atoms with E-state index < -0.39 is 11.7 Å². The fourth-order valence-corrected chi connectivity index (χ4v) is 4.54. The van der Waals surface area contributed by atoms with Gasteiger partial charge in [-0.3, -0.25) is 4.79 Å². The average Bonchev–Trinajstić information content (AvgIpc) is 3.18. The molecule has 5 nitrogen and oxygen atoms in total. The second kappa shape index (κ2) is 8.74. The zero-order chi connectivity index (χ0) is 23.0. The lowest BCUT2D eigenvalue weighted by Gasteiger charge is -2.35. The summed E-state index contributed by atoms with van der Waals surface area (Å²) in [4.78, 5) is 15.8. The maximum absolute atomic E-state index is 12.8. The Kier molecular flexibility index (Phi) is 5.78. The Balaban J connectivity index is 1.20. The van der Waals surface area contributed by atoms with E-state index in [4.69, 9.17) is 9.47 Å². The molecule has 1 saturated heterocycles. The van der Waals surface area contributed by atoms with E-state index in [1.807, 2.05) is 18.2 Å². The molecule has 2 N–H and O–H groups in total. The molecular weight excluding hydrogens is 433 g/mol. The predicted octanol–water partition coefficient (Wildman–Crippen LogP) is 5.88. The number of alkyl halides is 3. The minimum absolute atomic E-state index is 0.00361. The van der Waals surface area contributed by atoms with E-state index in [9.17, 15) is 18.0 Å². The maximum atomic E-state index is 12.8. The Morgan fingerprint density at radius 3 is 2.48 bits per heavy atom. The SMILES string of the molecule is O=C(Nc1c[nH]c2ccc(O[C@H]3C[C@H](c4ccc(C(F)(F)F)cc4)C3)cc12)C1CCOCC1. The number of hydrogen-bond acceptors (Lipinski definition) is 3. The second-order valence-electron chi connectivity index (χ2n) is 8.81. The number of aromatic amines is 1. The molecule has 1 saturated carbocycles. The van der Waals surface area contributed by atoms with Gasteiger partial charge in [0.1, 0.15) is 5.75 Å². The number of H-pyrrole nitrogens is 1. The maximum Gasteiger partial charge on any atom is 0.416 e. The number of ether oxygens (including phenoxy) is 2. The topological polar surface area (TPSA) is 63.4 Å². The van der Waals surface area contributed by atoms with Crippen LogP contribution < -0.4 is 10.1 Å². The van der Waals surface area contributed by atoms with Gasteiger partial charge in [-0.05, 0) is 67.5 Å². The summed E-state index contributed by atoms with van der Waals surface area (Å²) in [6.07, 6.45) is 0.441. The Hall–Kier alpha value is -3.00. The summed E-state index contributed by atoms with van der Waals surface area (Å²) < 4.78 is 49.7. The van der Waals surface area contributed by atoms with Crippen LogP contribution in [-0.2, 0) is 15.7 Å². The van der Waals surface area contributed by atoms with Gasteiger partial charge in [-0.2, -0.15) is 13.2 Å². The summed E-state index contributed by atoms with van der Waals surface area (Å²) in [6.45, 7) is 1.22. The van der Waals surface area contributed by atoms with E-state index in [1.54, 1.807) is 18.3 Å². The minimum atomic E-state index is -4.32. The van der Waals surface area contributed by atoms with Gasteiger partial charge in [-0.15, -0.1) is 0 Å². The smallest absolute Gasteiger partial charge is 0.416 e. The van der Waals surface area contributed by atoms with E-state index in [-0.39, 0.29) is 23.8 Å². The molecule has 0 bridgehead atoms. The molecule has 1 aromatic heterocycles. The summed E-state index contributed by atoms with van der Waals surface area (Å²) in [7, 11) is 0. The number of fused-ring (bicyclic) bond motifs is 1. The number of anilines is 1. The van der Waals surface area contributed by atoms with Crippen molar-refractivity contribution in [3.05, 3.63) is 59.8 Å². The monoisotopic (exact) mass is 458 g/mol. The Labute approximate surface area is 189 Å². The second-order valence-corrected chi connectivity index (χ2v) is 8.81. The first-order chi connectivity index (χ1) is 15.9. The summed E-state index contributed by atoms with van der Waals surface area (Å²) in [5.74, 6) is 0.867. The highest BCUT2D eigenvalue weighted by Crippen LogP contribution is 2.41. The zero-order valence-electron chi connectivity index (χ0n) is 18.0. The van der Waals surface area contributed by atoms with E-state index in [0.29, 0.717) is 19.0 Å². The van der Waals surface area contributed by atoms with Gasteiger partial charge < -0.3 is 19.8 Å². The minimum Gasteiger partial charge on any atom is -0.490 e. The van der Waals surface area contributed by atoms with Crippen LogP contribution in [0.4, 0.5) is 18.9 Å². The number of aromatic nitrogens is 1. The van der Waals surface area contributed by atoms with Crippen LogP contribution in [0.15, 0.2) is 48.7 Å². The average molecular weight is 458 g/mol. The van der Waals surface area contributed by atoms with Crippen molar-refractivity contribution in [2.75, 3.05) is 18.5 Å². The van der Waals surface area contributed by atoms with Gasteiger partial charge in [0.25, 0.3) is 0 Å². The number of hydrogen-bond donors (Lipinski definition) is 2. The van der Waals surface area contributed by atoms with Crippen molar-refractivity contribution in [2.24, 2.45) is 5.92 Å². The molecule has 3 aromatic rings. The number of nitrogens with one attached hydrogen (secondary N) is 2. The standard InChI is InChI=1S/C25H25F3N2O3/c26-25(27,28)18-3-1-15(2-4-18)17-11-20(12-17)33-19-5-6-22-21(13-19)23(14-29-22)30-24(31)16-7-9-32-10-8-16/h1-6,13-14,16-17,20,29H,7-12H2,(H,30,31)/t17-,20-. The molecule has 0 radical (unpaired) electrons. The molecule has 1 aliphatic carbocycles. The molecule has 1 aliphatic heterocycles. The molecule has 174 valence electrons. The van der Waals surface area contributed by atoms with E-state index >= 15 is 0 Å². The van der Waals surface area contributed by atoms with Gasteiger partial charge in [0, 0.05) is 36.2 Å². The third-order valence-electron chi connectivity index (χ3n) is 6.61. The first kappa shape index (κ1) is 21.8. The van der Waals surface area contributed by atoms with Crippen LogP contribution in [-0.4, -0.2) is 30.2 Å².